The summed E-state index contributed by atoms with van der Waals surface area (Å²) in [6.45, 7) is 5.56. The van der Waals surface area contributed by atoms with E-state index in [-0.39, 0.29) is 11.9 Å². The van der Waals surface area contributed by atoms with E-state index in [1.165, 1.54) is 19.4 Å². The van der Waals surface area contributed by atoms with Crippen molar-refractivity contribution < 1.29 is 19.7 Å². The Morgan fingerprint density at radius 3 is 2.79 bits per heavy atom. The van der Waals surface area contributed by atoms with Crippen molar-refractivity contribution in [3.63, 3.8) is 0 Å². The number of methoxy groups -OCH3 is 1. The van der Waals surface area contributed by atoms with Gasteiger partial charge in [-0.1, -0.05) is 41.9 Å². The minimum Gasteiger partial charge on any atom is -0.495 e. The molecule has 1 unspecified atom stereocenters. The Morgan fingerprint density at radius 2 is 2.11 bits per heavy atom. The molecule has 6 heteroatoms. The second kappa shape index (κ2) is 9.92. The minimum atomic E-state index is -0.291. The smallest absolute Gasteiger partial charge is 0.287 e. The van der Waals surface area contributed by atoms with Crippen LogP contribution in [0.2, 0.25) is 5.02 Å². The number of quaternary nitrogens is 2. The van der Waals surface area contributed by atoms with Gasteiger partial charge in [-0.3, -0.25) is 4.79 Å². The van der Waals surface area contributed by atoms with Crippen LogP contribution in [0.25, 0.3) is 0 Å². The zero-order valence-electron chi connectivity index (χ0n) is 16.6. The first-order valence-corrected chi connectivity index (χ1v) is 10.4. The van der Waals surface area contributed by atoms with Gasteiger partial charge < -0.3 is 20.3 Å². The molecule has 1 heterocycles. The molecule has 5 nitrogen and oxygen atoms in total. The fourth-order valence-electron chi connectivity index (χ4n) is 4.05. The SMILES string of the molecule is CC[NH+]1CCC[C@H]1C[NH2+][C@H](C(=O)Nc1ccc(OC)c(Cl)c1)c1ccccc1. The Bertz CT molecular complexity index is 785. The van der Waals surface area contributed by atoms with E-state index in [9.17, 15) is 4.79 Å². The summed E-state index contributed by atoms with van der Waals surface area (Å²) in [6, 6.07) is 15.6. The average Bonchev–Trinajstić information content (AvgIpc) is 3.17. The second-order valence-electron chi connectivity index (χ2n) is 7.30. The van der Waals surface area contributed by atoms with Crippen LogP contribution in [0.3, 0.4) is 0 Å². The van der Waals surface area contributed by atoms with Gasteiger partial charge in [-0.05, 0) is 25.1 Å². The molecule has 0 spiro atoms. The summed E-state index contributed by atoms with van der Waals surface area (Å²) >= 11 is 6.20. The van der Waals surface area contributed by atoms with E-state index in [1.54, 1.807) is 24.1 Å². The lowest BCUT2D eigenvalue weighted by Crippen LogP contribution is -3.16. The highest BCUT2D eigenvalue weighted by atomic mass is 35.5. The summed E-state index contributed by atoms with van der Waals surface area (Å²) < 4.78 is 5.18. The number of nitrogens with two attached hydrogens (primary N) is 1. The van der Waals surface area contributed by atoms with Crippen LogP contribution in [0, 0.1) is 0 Å². The number of benzene rings is 2. The molecule has 3 rings (SSSR count). The molecular formula is C22H30ClN3O2+2. The Balaban J connectivity index is 1.73. The van der Waals surface area contributed by atoms with Crippen LogP contribution < -0.4 is 20.3 Å². The number of halogens is 1. The lowest BCUT2D eigenvalue weighted by molar-refractivity contribution is -0.925. The lowest BCUT2D eigenvalue weighted by atomic mass is 10.1. The molecule has 0 saturated carbocycles. The molecule has 0 aromatic heterocycles. The predicted molar refractivity (Wildman–Crippen MR) is 112 cm³/mol. The Kier molecular flexibility index (Phi) is 7.31. The van der Waals surface area contributed by atoms with Gasteiger partial charge in [0.1, 0.15) is 18.3 Å². The molecule has 1 aliphatic rings. The second-order valence-corrected chi connectivity index (χ2v) is 7.71. The third-order valence-electron chi connectivity index (χ3n) is 5.60. The van der Waals surface area contributed by atoms with Crippen molar-refractivity contribution in [2.24, 2.45) is 0 Å². The molecule has 2 aromatic carbocycles. The molecule has 0 bridgehead atoms. The Hall–Kier alpha value is -2.08. The van der Waals surface area contributed by atoms with E-state index in [1.807, 2.05) is 36.4 Å². The summed E-state index contributed by atoms with van der Waals surface area (Å²) in [4.78, 5) is 14.8. The number of hydrogen-bond acceptors (Lipinski definition) is 2. The fraction of sp³-hybridized carbons (Fsp3) is 0.409. The number of carbonyl (C=O) groups excluding carboxylic acids is 1. The number of likely N-dealkylation sites (tertiary alicyclic amines) is 1. The quantitative estimate of drug-likeness (QED) is 0.627. The number of carbonyl (C=O) groups is 1. The lowest BCUT2D eigenvalue weighted by Gasteiger charge is -2.22. The first kappa shape index (κ1) is 20.6. The van der Waals surface area contributed by atoms with Crippen molar-refractivity contribution in [2.75, 3.05) is 32.1 Å². The van der Waals surface area contributed by atoms with Crippen LogP contribution in [0.15, 0.2) is 48.5 Å². The monoisotopic (exact) mass is 403 g/mol. The van der Waals surface area contributed by atoms with Crippen LogP contribution in [0.4, 0.5) is 5.69 Å². The maximum Gasteiger partial charge on any atom is 0.287 e. The van der Waals surface area contributed by atoms with Gasteiger partial charge in [0, 0.05) is 24.1 Å². The average molecular weight is 404 g/mol. The maximum absolute atomic E-state index is 13.1. The van der Waals surface area contributed by atoms with E-state index in [0.717, 1.165) is 18.7 Å². The molecule has 0 radical (unpaired) electrons. The Morgan fingerprint density at radius 1 is 1.32 bits per heavy atom. The fourth-order valence-corrected chi connectivity index (χ4v) is 4.31. The minimum absolute atomic E-state index is 0.0384. The summed E-state index contributed by atoms with van der Waals surface area (Å²) in [5, 5.41) is 5.68. The summed E-state index contributed by atoms with van der Waals surface area (Å²) in [6.07, 6.45) is 2.51. The van der Waals surface area contributed by atoms with Crippen LogP contribution >= 0.6 is 11.6 Å². The van der Waals surface area contributed by atoms with Crippen molar-refractivity contribution in [1.29, 1.82) is 0 Å². The van der Waals surface area contributed by atoms with E-state index in [2.05, 4.69) is 17.6 Å². The highest BCUT2D eigenvalue weighted by Gasteiger charge is 2.32. The van der Waals surface area contributed by atoms with Crippen LogP contribution in [0.5, 0.6) is 5.75 Å². The van der Waals surface area contributed by atoms with E-state index in [4.69, 9.17) is 16.3 Å². The van der Waals surface area contributed by atoms with E-state index < -0.39 is 0 Å². The Labute approximate surface area is 172 Å². The molecule has 2 aromatic rings. The molecule has 1 aliphatic heterocycles. The van der Waals surface area contributed by atoms with Gasteiger partial charge in [-0.25, -0.2) is 0 Å². The number of rotatable bonds is 8. The maximum atomic E-state index is 13.1. The van der Waals surface area contributed by atoms with Crippen LogP contribution in [0.1, 0.15) is 31.4 Å². The van der Waals surface area contributed by atoms with Crippen molar-refractivity contribution in [3.8, 4) is 5.75 Å². The largest absolute Gasteiger partial charge is 0.495 e. The topological polar surface area (TPSA) is 59.4 Å². The normalized spacial score (nSPS) is 20.0. The number of nitrogens with one attached hydrogen (secondary N) is 2. The van der Waals surface area contributed by atoms with Gasteiger partial charge in [0.05, 0.1) is 25.2 Å². The first-order chi connectivity index (χ1) is 13.6. The zero-order valence-corrected chi connectivity index (χ0v) is 17.3. The van der Waals surface area contributed by atoms with E-state index >= 15 is 0 Å². The zero-order chi connectivity index (χ0) is 19.9. The highest BCUT2D eigenvalue weighted by molar-refractivity contribution is 6.32. The standard InChI is InChI=1S/C22H28ClN3O2/c1-3-26-13-7-10-18(26)15-24-21(16-8-5-4-6-9-16)22(27)25-17-11-12-20(28-2)19(23)14-17/h4-6,8-9,11-12,14,18,21,24H,3,7,10,13,15H2,1-2H3,(H,25,27)/p+2/t18-,21-/m0/s1. The molecule has 1 fully saturated rings. The van der Waals surface area contributed by atoms with Gasteiger partial charge in [0.15, 0.2) is 6.04 Å². The highest BCUT2D eigenvalue weighted by Crippen LogP contribution is 2.27. The van der Waals surface area contributed by atoms with Gasteiger partial charge in [-0.15, -0.1) is 0 Å². The van der Waals surface area contributed by atoms with Gasteiger partial charge in [0.2, 0.25) is 0 Å². The van der Waals surface area contributed by atoms with Crippen molar-refractivity contribution in [3.05, 3.63) is 59.1 Å². The third kappa shape index (κ3) is 5.04. The molecule has 150 valence electrons. The molecule has 3 atom stereocenters. The number of hydrogen-bond donors (Lipinski definition) is 3. The first-order valence-electron chi connectivity index (χ1n) is 9.99. The summed E-state index contributed by atoms with van der Waals surface area (Å²) in [5.74, 6) is 0.554. The number of likely N-dealkylation sites (N-methyl/N-ethyl adjacent to an activating group) is 1. The molecule has 28 heavy (non-hydrogen) atoms. The molecular weight excluding hydrogens is 374 g/mol. The van der Waals surface area contributed by atoms with Crippen LogP contribution in [-0.2, 0) is 4.79 Å². The van der Waals surface area contributed by atoms with Gasteiger partial charge >= 0.3 is 0 Å². The summed E-state index contributed by atoms with van der Waals surface area (Å²) in [5.41, 5.74) is 1.68. The van der Waals surface area contributed by atoms with E-state index in [0.29, 0.717) is 22.5 Å². The predicted octanol–water partition coefficient (Wildman–Crippen LogP) is 1.66. The van der Waals surface area contributed by atoms with Crippen molar-refractivity contribution in [2.45, 2.75) is 31.8 Å². The number of anilines is 1. The number of ether oxygens (including phenoxy) is 1. The molecule has 1 saturated heterocycles. The summed E-state index contributed by atoms with van der Waals surface area (Å²) in [7, 11) is 1.57. The molecule has 1 amide bonds. The third-order valence-corrected chi connectivity index (χ3v) is 5.89. The van der Waals surface area contributed by atoms with Crippen molar-refractivity contribution >= 4 is 23.2 Å². The number of amides is 1. The van der Waals surface area contributed by atoms with Crippen LogP contribution in [-0.4, -0.2) is 38.7 Å². The molecule has 4 N–H and O–H groups in total. The van der Waals surface area contributed by atoms with Crippen molar-refractivity contribution in [1.82, 2.24) is 0 Å². The van der Waals surface area contributed by atoms with Gasteiger partial charge in [-0.2, -0.15) is 0 Å². The molecule has 0 aliphatic carbocycles. The van der Waals surface area contributed by atoms with Gasteiger partial charge in [0.25, 0.3) is 5.91 Å².